The van der Waals surface area contributed by atoms with Crippen LogP contribution in [0.2, 0.25) is 0 Å². The molecule has 0 N–H and O–H groups in total. The van der Waals surface area contributed by atoms with Crippen LogP contribution in [0.3, 0.4) is 0 Å². The summed E-state index contributed by atoms with van der Waals surface area (Å²) in [7, 11) is 0. The lowest BCUT2D eigenvalue weighted by Gasteiger charge is -2.30. The van der Waals surface area contributed by atoms with Gasteiger partial charge in [0.25, 0.3) is 0 Å². The smallest absolute Gasteiger partial charge is 0.165 e. The Hall–Kier alpha value is -2.23. The average Bonchev–Trinajstić information content (AvgIpc) is 2.87. The van der Waals surface area contributed by atoms with Gasteiger partial charge < -0.3 is 4.74 Å². The van der Waals surface area contributed by atoms with Gasteiger partial charge in [0.2, 0.25) is 0 Å². The van der Waals surface area contributed by atoms with E-state index >= 15 is 8.78 Å². The molecule has 0 bridgehead atoms. The molecule has 0 spiro atoms. The number of hydrogen-bond acceptors (Lipinski definition) is 1. The molecule has 0 aliphatic heterocycles. The van der Waals surface area contributed by atoms with Crippen LogP contribution in [-0.2, 0) is 0 Å². The SMILES string of the molecule is CCCC1CCC(c2ccc(C3CCC(/C=C/c4ccc(OCC)c(F)c4)CC3)c(F)c2F)CC1. The number of allylic oxidation sites excluding steroid dienone is 1. The van der Waals surface area contributed by atoms with Gasteiger partial charge in [-0.2, -0.15) is 0 Å². The number of halogens is 3. The highest BCUT2D eigenvalue weighted by atomic mass is 19.2. The molecule has 0 saturated heterocycles. The molecule has 2 saturated carbocycles. The summed E-state index contributed by atoms with van der Waals surface area (Å²) < 4.78 is 49.6. The van der Waals surface area contributed by atoms with E-state index in [1.807, 2.05) is 31.2 Å². The number of benzene rings is 2. The van der Waals surface area contributed by atoms with Gasteiger partial charge in [0.05, 0.1) is 6.61 Å². The second-order valence-corrected chi connectivity index (χ2v) is 10.5. The molecular weight excluding hydrogens is 445 g/mol. The molecule has 0 unspecified atom stereocenters. The van der Waals surface area contributed by atoms with Gasteiger partial charge in [-0.1, -0.05) is 50.1 Å². The zero-order valence-corrected chi connectivity index (χ0v) is 21.2. The molecule has 4 rings (SSSR count). The van der Waals surface area contributed by atoms with Crippen molar-refractivity contribution < 1.29 is 17.9 Å². The lowest BCUT2D eigenvalue weighted by atomic mass is 9.75. The van der Waals surface area contributed by atoms with E-state index in [1.165, 1.54) is 18.9 Å². The van der Waals surface area contributed by atoms with Crippen molar-refractivity contribution in [3.63, 3.8) is 0 Å². The zero-order chi connectivity index (χ0) is 24.8. The van der Waals surface area contributed by atoms with Gasteiger partial charge in [-0.3, -0.25) is 0 Å². The fourth-order valence-electron chi connectivity index (χ4n) is 6.14. The number of hydrogen-bond donors (Lipinski definition) is 0. The van der Waals surface area contributed by atoms with Crippen LogP contribution in [0.1, 0.15) is 107 Å². The van der Waals surface area contributed by atoms with Crippen LogP contribution in [-0.4, -0.2) is 6.61 Å². The van der Waals surface area contributed by atoms with Gasteiger partial charge >= 0.3 is 0 Å². The molecule has 190 valence electrons. The van der Waals surface area contributed by atoms with Crippen molar-refractivity contribution >= 4 is 6.08 Å². The summed E-state index contributed by atoms with van der Waals surface area (Å²) in [5.41, 5.74) is 1.93. The minimum absolute atomic E-state index is 0.0615. The van der Waals surface area contributed by atoms with E-state index in [4.69, 9.17) is 4.74 Å². The van der Waals surface area contributed by atoms with E-state index in [9.17, 15) is 4.39 Å². The summed E-state index contributed by atoms with van der Waals surface area (Å²) in [5.74, 6) is 0.0177. The monoisotopic (exact) mass is 484 g/mol. The maximum atomic E-state index is 15.2. The lowest BCUT2D eigenvalue weighted by Crippen LogP contribution is -2.17. The van der Waals surface area contributed by atoms with Crippen LogP contribution in [0.15, 0.2) is 36.4 Å². The van der Waals surface area contributed by atoms with Crippen molar-refractivity contribution in [3.05, 3.63) is 70.5 Å². The standard InChI is InChI=1S/C31H39F3O/c1-3-5-21-8-13-24(14-9-21)26-17-18-27(31(34)30(26)33)25-15-10-22(11-16-25)6-7-23-12-19-29(35-4-2)28(32)20-23/h6-7,12,17-22,24-25H,3-5,8-11,13-16H2,1-2H3/b7-6+. The number of rotatable bonds is 8. The average molecular weight is 485 g/mol. The van der Waals surface area contributed by atoms with Crippen molar-refractivity contribution in [2.24, 2.45) is 11.8 Å². The highest BCUT2D eigenvalue weighted by Gasteiger charge is 2.29. The largest absolute Gasteiger partial charge is 0.491 e. The minimum atomic E-state index is -0.623. The van der Waals surface area contributed by atoms with Gasteiger partial charge in [0.15, 0.2) is 23.2 Å². The summed E-state index contributed by atoms with van der Waals surface area (Å²) in [5, 5.41) is 0. The molecule has 2 aliphatic carbocycles. The van der Waals surface area contributed by atoms with E-state index in [2.05, 4.69) is 13.0 Å². The molecule has 0 amide bonds. The van der Waals surface area contributed by atoms with E-state index in [1.54, 1.807) is 6.07 Å². The van der Waals surface area contributed by atoms with E-state index in [0.29, 0.717) is 23.7 Å². The van der Waals surface area contributed by atoms with Gasteiger partial charge in [0.1, 0.15) is 0 Å². The van der Waals surface area contributed by atoms with Crippen molar-refractivity contribution in [2.45, 2.75) is 89.9 Å². The van der Waals surface area contributed by atoms with Crippen LogP contribution in [0, 0.1) is 29.3 Å². The summed E-state index contributed by atoms with van der Waals surface area (Å²) in [6, 6.07) is 8.73. The third-order valence-electron chi connectivity index (χ3n) is 8.15. The predicted molar refractivity (Wildman–Crippen MR) is 137 cm³/mol. The quantitative estimate of drug-likeness (QED) is 0.362. The highest BCUT2D eigenvalue weighted by molar-refractivity contribution is 5.51. The Morgan fingerprint density at radius 1 is 0.800 bits per heavy atom. The normalized spacial score (nSPS) is 25.2. The summed E-state index contributed by atoms with van der Waals surface area (Å²) >= 11 is 0. The van der Waals surface area contributed by atoms with Crippen LogP contribution < -0.4 is 4.74 Å². The molecule has 2 aromatic carbocycles. The Morgan fingerprint density at radius 2 is 1.40 bits per heavy atom. The van der Waals surface area contributed by atoms with Crippen LogP contribution in [0.25, 0.3) is 6.08 Å². The zero-order valence-electron chi connectivity index (χ0n) is 21.2. The minimum Gasteiger partial charge on any atom is -0.491 e. The third kappa shape index (κ3) is 6.32. The molecule has 1 nitrogen and oxygen atoms in total. The lowest BCUT2D eigenvalue weighted by molar-refractivity contribution is 0.302. The fraction of sp³-hybridized carbons (Fsp3) is 0.548. The van der Waals surface area contributed by atoms with Crippen LogP contribution in [0.5, 0.6) is 5.75 Å². The van der Waals surface area contributed by atoms with Crippen molar-refractivity contribution in [1.29, 1.82) is 0 Å². The van der Waals surface area contributed by atoms with Gasteiger partial charge in [-0.15, -0.1) is 0 Å². The van der Waals surface area contributed by atoms with E-state index in [0.717, 1.165) is 62.8 Å². The Bertz CT molecular complexity index is 999. The van der Waals surface area contributed by atoms with Gasteiger partial charge in [-0.25, -0.2) is 13.2 Å². The van der Waals surface area contributed by atoms with Gasteiger partial charge in [0, 0.05) is 0 Å². The van der Waals surface area contributed by atoms with Crippen molar-refractivity contribution in [1.82, 2.24) is 0 Å². The van der Waals surface area contributed by atoms with Crippen molar-refractivity contribution in [3.8, 4) is 5.75 Å². The Labute approximate surface area is 208 Å². The summed E-state index contributed by atoms with van der Waals surface area (Å²) in [6.07, 6.45) is 14.2. The molecule has 4 heteroatoms. The molecular formula is C31H39F3O. The number of ether oxygens (including phenoxy) is 1. The molecule has 2 aliphatic rings. The Morgan fingerprint density at radius 3 is 1.94 bits per heavy atom. The first kappa shape index (κ1) is 25.9. The second kappa shape index (κ2) is 12.1. The topological polar surface area (TPSA) is 9.23 Å². The molecule has 0 heterocycles. The maximum Gasteiger partial charge on any atom is 0.165 e. The predicted octanol–water partition coefficient (Wildman–Crippen LogP) is 9.56. The molecule has 2 fully saturated rings. The summed E-state index contributed by atoms with van der Waals surface area (Å²) in [4.78, 5) is 0. The van der Waals surface area contributed by atoms with Crippen LogP contribution >= 0.6 is 0 Å². The molecule has 2 aromatic rings. The van der Waals surface area contributed by atoms with Gasteiger partial charge in [-0.05, 0) is 111 Å². The highest BCUT2D eigenvalue weighted by Crippen LogP contribution is 2.42. The van der Waals surface area contributed by atoms with Crippen LogP contribution in [0.4, 0.5) is 13.2 Å². The first-order valence-electron chi connectivity index (χ1n) is 13.6. The maximum absolute atomic E-state index is 15.2. The Kier molecular flexibility index (Phi) is 8.97. The molecule has 0 atom stereocenters. The third-order valence-corrected chi connectivity index (χ3v) is 8.15. The fourth-order valence-corrected chi connectivity index (χ4v) is 6.14. The first-order chi connectivity index (χ1) is 17.0. The van der Waals surface area contributed by atoms with Crippen molar-refractivity contribution in [2.75, 3.05) is 6.61 Å². The second-order valence-electron chi connectivity index (χ2n) is 10.5. The first-order valence-corrected chi connectivity index (χ1v) is 13.6. The Balaban J connectivity index is 1.34. The summed E-state index contributed by atoms with van der Waals surface area (Å²) in [6.45, 7) is 4.48. The molecule has 35 heavy (non-hydrogen) atoms. The molecule has 0 radical (unpaired) electrons. The van der Waals surface area contributed by atoms with E-state index in [-0.39, 0.29) is 23.4 Å². The molecule has 0 aromatic heterocycles. The van der Waals surface area contributed by atoms with E-state index < -0.39 is 11.6 Å².